The fraction of sp³-hybridized carbons (Fsp3) is 0.789. The molecular weight excluding hydrogens is 1010 g/mol. The molecule has 0 aliphatic rings. The molecule has 21 heteroatoms. The van der Waals surface area contributed by atoms with Crippen LogP contribution in [0, 0.1) is 39.4 Å². The van der Waals surface area contributed by atoms with E-state index in [0.29, 0.717) is 124 Å². The number of rotatable bonds is 46. The average Bonchev–Trinajstić information content (AvgIpc) is 3.37. The molecule has 78 heavy (non-hydrogen) atoms. The predicted octanol–water partition coefficient (Wildman–Crippen LogP) is 10.9. The van der Waals surface area contributed by atoms with Crippen molar-refractivity contribution in [1.29, 1.82) is 0 Å². The summed E-state index contributed by atoms with van der Waals surface area (Å²) in [4.78, 5) is 76.1. The van der Waals surface area contributed by atoms with E-state index >= 15 is 0 Å². The Balaban J connectivity index is 5.46. The van der Waals surface area contributed by atoms with Crippen molar-refractivity contribution in [2.24, 2.45) is 39.4 Å². The van der Waals surface area contributed by atoms with E-state index in [0.717, 1.165) is 38.5 Å². The van der Waals surface area contributed by atoms with Gasteiger partial charge in [0.15, 0.2) is 0 Å². The molecule has 0 bridgehead atoms. The molecule has 0 heterocycles. The summed E-state index contributed by atoms with van der Waals surface area (Å²) < 4.78 is 48.2. The van der Waals surface area contributed by atoms with Crippen molar-refractivity contribution < 1.29 is 71.4 Å². The molecule has 0 saturated heterocycles. The Kier molecular flexibility index (Phi) is 39.1. The van der Waals surface area contributed by atoms with Crippen LogP contribution in [-0.4, -0.2) is 135 Å². The van der Waals surface area contributed by atoms with Crippen LogP contribution in [0.2, 0.25) is 0 Å². The molecular formula is C57H104N6O15. The number of carbonyl (C=O) groups is 6. The van der Waals surface area contributed by atoms with Crippen molar-refractivity contribution in [3.63, 3.8) is 0 Å². The molecule has 6 amide bonds. The zero-order valence-corrected chi connectivity index (χ0v) is 49.5. The molecule has 0 spiro atoms. The topological polar surface area (TPSA) is 258 Å². The Morgan fingerprint density at radius 1 is 0.397 bits per heavy atom. The molecule has 0 aromatic rings. The molecule has 0 aromatic carbocycles. The number of nitrogens with one attached hydrogen (secondary N) is 6. The monoisotopic (exact) mass is 1110 g/mol. The summed E-state index contributed by atoms with van der Waals surface area (Å²) in [6.45, 7) is 34.8. The van der Waals surface area contributed by atoms with Crippen LogP contribution in [0.15, 0.2) is 38.5 Å². The highest BCUT2D eigenvalue weighted by atomic mass is 16.6. The predicted molar refractivity (Wildman–Crippen MR) is 302 cm³/mol. The van der Waals surface area contributed by atoms with E-state index in [1.807, 2.05) is 48.5 Å². The van der Waals surface area contributed by atoms with Crippen molar-refractivity contribution in [1.82, 2.24) is 31.9 Å². The smallest absolute Gasteiger partial charge is 0.407 e. The largest absolute Gasteiger partial charge is 0.502 e. The molecule has 3 unspecified atom stereocenters. The van der Waals surface area contributed by atoms with Gasteiger partial charge in [-0.2, -0.15) is 0 Å². The van der Waals surface area contributed by atoms with E-state index in [-0.39, 0.29) is 53.8 Å². The summed E-state index contributed by atoms with van der Waals surface area (Å²) in [6.07, 6.45) is 9.74. The van der Waals surface area contributed by atoms with Crippen LogP contribution in [0.3, 0.4) is 0 Å². The van der Waals surface area contributed by atoms with Crippen molar-refractivity contribution in [3.05, 3.63) is 38.5 Å². The molecule has 0 aliphatic heterocycles. The summed E-state index contributed by atoms with van der Waals surface area (Å²) in [5.41, 5.74) is -2.08. The first-order valence-corrected chi connectivity index (χ1v) is 28.0. The van der Waals surface area contributed by atoms with Crippen molar-refractivity contribution in [2.75, 3.05) is 98.7 Å². The second-order valence-corrected chi connectivity index (χ2v) is 22.9. The summed E-state index contributed by atoms with van der Waals surface area (Å²) in [5.74, 6) is 0.639. The van der Waals surface area contributed by atoms with Gasteiger partial charge < -0.3 is 74.5 Å². The van der Waals surface area contributed by atoms with Gasteiger partial charge in [0.2, 0.25) is 0 Å². The van der Waals surface area contributed by atoms with Crippen LogP contribution in [0.25, 0.3) is 0 Å². The van der Waals surface area contributed by atoms with Crippen LogP contribution >= 0.6 is 0 Å². The standard InChI is InChI=1S/C57H104N6O15/c1-14-57(42-76-51(67)61-39-54(8,9)36-45(5)24-27-58-48(64)73-33-21-18-30-70-15-2,43-77-52(68)62-40-55(10,11)37-46(6)25-28-59-49(65)74-34-22-19-31-71-16-3)44-78-53(69)63-41-56(12,13)38-47(7)26-29-60-50(66)75-35-23-20-32-72-17-4/h15-17,45-47H,2-4,14,18-44H2,1,5-13H3,(H,58,64)(H,59,65)(H,60,66)(H,61,67)(H,62,68)(H,63,69). The van der Waals surface area contributed by atoms with Gasteiger partial charge in [-0.25, -0.2) is 28.8 Å². The first-order valence-electron chi connectivity index (χ1n) is 28.0. The molecule has 0 rings (SSSR count). The Morgan fingerprint density at radius 3 is 0.885 bits per heavy atom. The maximum atomic E-state index is 13.3. The highest BCUT2D eigenvalue weighted by molar-refractivity contribution is 5.69. The number of hydrogen-bond acceptors (Lipinski definition) is 15. The summed E-state index contributed by atoms with van der Waals surface area (Å²) in [6, 6.07) is 0. The van der Waals surface area contributed by atoms with Crippen LogP contribution in [0.5, 0.6) is 0 Å². The fourth-order valence-corrected chi connectivity index (χ4v) is 8.55. The number of carbonyl (C=O) groups excluding carboxylic acids is 6. The van der Waals surface area contributed by atoms with E-state index in [1.54, 1.807) is 0 Å². The third kappa shape index (κ3) is 41.4. The highest BCUT2D eigenvalue weighted by Gasteiger charge is 2.35. The van der Waals surface area contributed by atoms with Crippen LogP contribution < -0.4 is 31.9 Å². The number of hydrogen-bond donors (Lipinski definition) is 6. The van der Waals surface area contributed by atoms with Gasteiger partial charge >= 0.3 is 36.6 Å². The SMILES string of the molecule is C=COCCCCOC(=O)NCCC(C)CC(C)(C)CNC(=O)OCC(CC)(COC(=O)NCC(C)(C)CC(C)CCNC(=O)OCCCCOC=C)COC(=O)NCC(C)(C)CC(C)CCNC(=O)OCCCCOC=C. The van der Waals surface area contributed by atoms with Crippen molar-refractivity contribution in [3.8, 4) is 0 Å². The molecule has 0 saturated carbocycles. The Hall–Kier alpha value is -5.76. The van der Waals surface area contributed by atoms with Gasteiger partial charge in [0.1, 0.15) is 19.8 Å². The number of ether oxygens (including phenoxy) is 9. The van der Waals surface area contributed by atoms with E-state index in [4.69, 9.17) is 42.6 Å². The number of amides is 6. The molecule has 0 fully saturated rings. The lowest BCUT2D eigenvalue weighted by Crippen LogP contribution is -2.44. The molecule has 6 N–H and O–H groups in total. The van der Waals surface area contributed by atoms with Gasteiger partial charge in [0, 0.05) is 39.3 Å². The maximum Gasteiger partial charge on any atom is 0.407 e. The Bertz CT molecular complexity index is 1530. The highest BCUT2D eigenvalue weighted by Crippen LogP contribution is 2.30. The minimum atomic E-state index is -1.10. The normalized spacial score (nSPS) is 13.3. The van der Waals surface area contributed by atoms with Gasteiger partial charge in [0.25, 0.3) is 0 Å². The van der Waals surface area contributed by atoms with Gasteiger partial charge in [0.05, 0.1) is 63.8 Å². The molecule has 21 nitrogen and oxygen atoms in total. The third-order valence-corrected chi connectivity index (χ3v) is 12.9. The lowest BCUT2D eigenvalue weighted by atomic mass is 9.82. The van der Waals surface area contributed by atoms with E-state index < -0.39 is 42.0 Å². The molecule has 0 aliphatic carbocycles. The lowest BCUT2D eigenvalue weighted by Gasteiger charge is -2.33. The zero-order chi connectivity index (χ0) is 58.7. The first kappa shape index (κ1) is 72.2. The Morgan fingerprint density at radius 2 is 0.641 bits per heavy atom. The second kappa shape index (κ2) is 42.2. The number of alkyl carbamates (subject to hydrolysis) is 6. The van der Waals surface area contributed by atoms with Gasteiger partial charge in [-0.05, 0) is 117 Å². The second-order valence-electron chi connectivity index (χ2n) is 22.9. The fourth-order valence-electron chi connectivity index (χ4n) is 8.55. The average molecular weight is 1110 g/mol. The van der Waals surface area contributed by atoms with Gasteiger partial charge in [-0.3, -0.25) is 0 Å². The van der Waals surface area contributed by atoms with Crippen molar-refractivity contribution >= 4 is 36.6 Å². The van der Waals surface area contributed by atoms with Crippen LogP contribution in [0.4, 0.5) is 28.8 Å². The minimum absolute atomic E-state index is 0.213. The molecule has 452 valence electrons. The zero-order valence-electron chi connectivity index (χ0n) is 49.5. The molecule has 0 aromatic heterocycles. The van der Waals surface area contributed by atoms with E-state index in [9.17, 15) is 28.8 Å². The minimum Gasteiger partial charge on any atom is -0.502 e. The van der Waals surface area contributed by atoms with Gasteiger partial charge in [-0.15, -0.1) is 0 Å². The van der Waals surface area contributed by atoms with Crippen LogP contribution in [0.1, 0.15) is 153 Å². The van der Waals surface area contributed by atoms with E-state index in [2.05, 4.69) is 72.4 Å². The summed E-state index contributed by atoms with van der Waals surface area (Å²) in [5, 5.41) is 17.0. The van der Waals surface area contributed by atoms with Gasteiger partial charge in [-0.1, -0.05) is 89.0 Å². The summed E-state index contributed by atoms with van der Waals surface area (Å²) >= 11 is 0. The number of unbranched alkanes of at least 4 members (excludes halogenated alkanes) is 3. The Labute approximate surface area is 467 Å². The lowest BCUT2D eigenvalue weighted by molar-refractivity contribution is -0.0187. The first-order chi connectivity index (χ1) is 36.9. The summed E-state index contributed by atoms with van der Waals surface area (Å²) in [7, 11) is 0. The van der Waals surface area contributed by atoms with Crippen molar-refractivity contribution in [2.45, 2.75) is 153 Å². The quantitative estimate of drug-likeness (QED) is 0.0188. The van der Waals surface area contributed by atoms with Crippen LogP contribution in [-0.2, 0) is 42.6 Å². The molecule has 3 atom stereocenters. The third-order valence-electron chi connectivity index (χ3n) is 12.9. The van der Waals surface area contributed by atoms with E-state index in [1.165, 1.54) is 18.8 Å². The molecule has 0 radical (unpaired) electrons. The maximum absolute atomic E-state index is 13.3.